The van der Waals surface area contributed by atoms with Crippen molar-refractivity contribution in [2.24, 2.45) is 18.9 Å². The summed E-state index contributed by atoms with van der Waals surface area (Å²) in [6.45, 7) is 2.62. The third-order valence-corrected chi connectivity index (χ3v) is 4.42. The van der Waals surface area contributed by atoms with Gasteiger partial charge < -0.3 is 5.32 Å². The van der Waals surface area contributed by atoms with E-state index >= 15 is 0 Å². The SMILES string of the molecule is CCNC(Cc1ccn(C)n1)C1CCCCC1C(F)(F)F. The first-order chi connectivity index (χ1) is 9.91. The summed E-state index contributed by atoms with van der Waals surface area (Å²) in [4.78, 5) is 0. The van der Waals surface area contributed by atoms with Gasteiger partial charge in [0, 0.05) is 25.7 Å². The molecule has 0 amide bonds. The van der Waals surface area contributed by atoms with Gasteiger partial charge in [-0.05, 0) is 31.4 Å². The summed E-state index contributed by atoms with van der Waals surface area (Å²) in [6, 6.07) is 1.73. The predicted molar refractivity (Wildman–Crippen MR) is 75.9 cm³/mol. The highest BCUT2D eigenvalue weighted by atomic mass is 19.4. The Morgan fingerprint density at radius 3 is 2.67 bits per heavy atom. The molecule has 6 heteroatoms. The molecular weight excluding hydrogens is 279 g/mol. The lowest BCUT2D eigenvalue weighted by Gasteiger charge is -2.38. The summed E-state index contributed by atoms with van der Waals surface area (Å²) in [5.41, 5.74) is 0.856. The van der Waals surface area contributed by atoms with Crippen LogP contribution in [-0.2, 0) is 13.5 Å². The molecule has 1 aliphatic rings. The van der Waals surface area contributed by atoms with Crippen molar-refractivity contribution in [1.29, 1.82) is 0 Å². The molecule has 1 aromatic rings. The van der Waals surface area contributed by atoms with Gasteiger partial charge in [-0.25, -0.2) is 0 Å². The maximum atomic E-state index is 13.3. The quantitative estimate of drug-likeness (QED) is 0.904. The number of nitrogens with one attached hydrogen (secondary N) is 1. The minimum Gasteiger partial charge on any atom is -0.314 e. The number of aromatic nitrogens is 2. The van der Waals surface area contributed by atoms with Crippen LogP contribution in [0.3, 0.4) is 0 Å². The average Bonchev–Trinajstić information content (AvgIpc) is 2.83. The lowest BCUT2D eigenvalue weighted by molar-refractivity contribution is -0.199. The number of halogens is 3. The molecule has 1 N–H and O–H groups in total. The van der Waals surface area contributed by atoms with E-state index in [-0.39, 0.29) is 18.4 Å². The van der Waals surface area contributed by atoms with Crippen LogP contribution < -0.4 is 5.32 Å². The summed E-state index contributed by atoms with van der Waals surface area (Å²) in [6.07, 6.45) is 0.784. The van der Waals surface area contributed by atoms with Crippen LogP contribution in [0.1, 0.15) is 38.3 Å². The minimum atomic E-state index is -4.09. The average molecular weight is 303 g/mol. The van der Waals surface area contributed by atoms with Crippen molar-refractivity contribution in [1.82, 2.24) is 15.1 Å². The third-order valence-electron chi connectivity index (χ3n) is 4.42. The van der Waals surface area contributed by atoms with E-state index in [1.807, 2.05) is 26.2 Å². The minimum absolute atomic E-state index is 0.156. The van der Waals surface area contributed by atoms with Crippen molar-refractivity contribution in [3.8, 4) is 0 Å². The molecular formula is C15H24F3N3. The molecule has 3 nitrogen and oxygen atoms in total. The van der Waals surface area contributed by atoms with Crippen LogP contribution in [-0.4, -0.2) is 28.5 Å². The van der Waals surface area contributed by atoms with E-state index in [2.05, 4.69) is 10.4 Å². The number of rotatable bonds is 5. The summed E-state index contributed by atoms with van der Waals surface area (Å²) >= 11 is 0. The molecule has 21 heavy (non-hydrogen) atoms. The maximum Gasteiger partial charge on any atom is 0.392 e. The molecule has 3 unspecified atom stereocenters. The van der Waals surface area contributed by atoms with Crippen LogP contribution in [0.2, 0.25) is 0 Å². The standard InChI is InChI=1S/C15H24F3N3/c1-3-19-14(10-11-8-9-21(2)20-11)12-6-4-5-7-13(12)15(16,17)18/h8-9,12-14,19H,3-7,10H2,1-2H3. The Bertz CT molecular complexity index is 442. The van der Waals surface area contributed by atoms with E-state index in [9.17, 15) is 13.2 Å². The molecule has 3 atom stereocenters. The van der Waals surface area contributed by atoms with Crippen molar-refractivity contribution < 1.29 is 13.2 Å². The van der Waals surface area contributed by atoms with Crippen molar-refractivity contribution >= 4 is 0 Å². The highest BCUT2D eigenvalue weighted by molar-refractivity contribution is 5.03. The number of hydrogen-bond acceptors (Lipinski definition) is 2. The van der Waals surface area contributed by atoms with Crippen molar-refractivity contribution in [2.75, 3.05) is 6.54 Å². The monoisotopic (exact) mass is 303 g/mol. The molecule has 0 saturated heterocycles. The second kappa shape index (κ2) is 6.81. The zero-order valence-electron chi connectivity index (χ0n) is 12.7. The number of alkyl halides is 3. The Morgan fingerprint density at radius 2 is 2.10 bits per heavy atom. The first kappa shape index (κ1) is 16.3. The Hall–Kier alpha value is -1.04. The zero-order valence-corrected chi connectivity index (χ0v) is 12.7. The third kappa shape index (κ3) is 4.22. The highest BCUT2D eigenvalue weighted by Crippen LogP contribution is 2.43. The summed E-state index contributed by atoms with van der Waals surface area (Å²) < 4.78 is 41.6. The molecule has 0 aliphatic heterocycles. The molecule has 1 heterocycles. The number of aryl methyl sites for hydroxylation is 1. The summed E-state index contributed by atoms with van der Waals surface area (Å²) in [5, 5.41) is 7.57. The molecule has 0 spiro atoms. The van der Waals surface area contributed by atoms with E-state index in [4.69, 9.17) is 0 Å². The first-order valence-corrected chi connectivity index (χ1v) is 7.70. The first-order valence-electron chi connectivity index (χ1n) is 7.70. The van der Waals surface area contributed by atoms with Crippen LogP contribution in [0.4, 0.5) is 13.2 Å². The molecule has 1 aromatic heterocycles. The molecule has 0 bridgehead atoms. The molecule has 1 fully saturated rings. The van der Waals surface area contributed by atoms with Gasteiger partial charge in [-0.3, -0.25) is 4.68 Å². The van der Waals surface area contributed by atoms with Gasteiger partial charge in [0.2, 0.25) is 0 Å². The smallest absolute Gasteiger partial charge is 0.314 e. The molecule has 1 aliphatic carbocycles. The second-order valence-corrected chi connectivity index (χ2v) is 5.95. The molecule has 120 valence electrons. The predicted octanol–water partition coefficient (Wildman–Crippen LogP) is 3.31. The number of nitrogens with zero attached hydrogens (tertiary/aromatic N) is 2. The van der Waals surface area contributed by atoms with Crippen LogP contribution in [0.25, 0.3) is 0 Å². The number of hydrogen-bond donors (Lipinski definition) is 1. The Kier molecular flexibility index (Phi) is 5.30. The van der Waals surface area contributed by atoms with E-state index in [1.54, 1.807) is 4.68 Å². The van der Waals surface area contributed by atoms with Crippen molar-refractivity contribution in [3.05, 3.63) is 18.0 Å². The van der Waals surface area contributed by atoms with Gasteiger partial charge in [0.25, 0.3) is 0 Å². The van der Waals surface area contributed by atoms with Crippen LogP contribution in [0, 0.1) is 11.8 Å². The Balaban J connectivity index is 2.14. The summed E-state index contributed by atoms with van der Waals surface area (Å²) in [7, 11) is 1.82. The van der Waals surface area contributed by atoms with Crippen molar-refractivity contribution in [2.45, 2.75) is 51.2 Å². The zero-order chi connectivity index (χ0) is 15.5. The fourth-order valence-corrected chi connectivity index (χ4v) is 3.48. The Morgan fingerprint density at radius 1 is 1.38 bits per heavy atom. The van der Waals surface area contributed by atoms with Gasteiger partial charge in [-0.2, -0.15) is 18.3 Å². The van der Waals surface area contributed by atoms with Gasteiger partial charge in [0.15, 0.2) is 0 Å². The normalized spacial score (nSPS) is 25.0. The fourth-order valence-electron chi connectivity index (χ4n) is 3.48. The largest absolute Gasteiger partial charge is 0.392 e. The molecule has 1 saturated carbocycles. The molecule has 0 radical (unpaired) electrons. The lowest BCUT2D eigenvalue weighted by atomic mass is 9.73. The van der Waals surface area contributed by atoms with Gasteiger partial charge in [-0.1, -0.05) is 19.8 Å². The van der Waals surface area contributed by atoms with E-state index in [0.717, 1.165) is 12.1 Å². The highest BCUT2D eigenvalue weighted by Gasteiger charge is 2.47. The van der Waals surface area contributed by atoms with Gasteiger partial charge in [-0.15, -0.1) is 0 Å². The molecule has 2 rings (SSSR count). The van der Waals surface area contributed by atoms with Crippen LogP contribution in [0.5, 0.6) is 0 Å². The van der Waals surface area contributed by atoms with E-state index in [0.29, 0.717) is 25.8 Å². The van der Waals surface area contributed by atoms with E-state index in [1.165, 1.54) is 0 Å². The van der Waals surface area contributed by atoms with Gasteiger partial charge in [0.1, 0.15) is 0 Å². The fraction of sp³-hybridized carbons (Fsp3) is 0.800. The topological polar surface area (TPSA) is 29.9 Å². The maximum absolute atomic E-state index is 13.3. The van der Waals surface area contributed by atoms with Gasteiger partial charge in [0.05, 0.1) is 11.6 Å². The number of likely N-dealkylation sites (N-methyl/N-ethyl adjacent to an activating group) is 1. The van der Waals surface area contributed by atoms with E-state index < -0.39 is 12.1 Å². The van der Waals surface area contributed by atoms with Crippen LogP contribution >= 0.6 is 0 Å². The second-order valence-electron chi connectivity index (χ2n) is 5.95. The summed E-state index contributed by atoms with van der Waals surface area (Å²) in [5.74, 6) is -1.53. The van der Waals surface area contributed by atoms with Crippen molar-refractivity contribution in [3.63, 3.8) is 0 Å². The van der Waals surface area contributed by atoms with Gasteiger partial charge >= 0.3 is 6.18 Å². The molecule has 0 aromatic carbocycles. The van der Waals surface area contributed by atoms with Crippen LogP contribution in [0.15, 0.2) is 12.3 Å². The lowest BCUT2D eigenvalue weighted by Crippen LogP contribution is -2.46. The Labute approximate surface area is 123 Å².